The van der Waals surface area contributed by atoms with Gasteiger partial charge in [-0.05, 0) is 37.1 Å². The van der Waals surface area contributed by atoms with Gasteiger partial charge < -0.3 is 5.32 Å². The van der Waals surface area contributed by atoms with Gasteiger partial charge in [-0.15, -0.1) is 22.0 Å². The lowest BCUT2D eigenvalue weighted by Crippen LogP contribution is -2.11. The Hall–Kier alpha value is -1.47. The number of anilines is 1. The zero-order chi connectivity index (χ0) is 14.7. The van der Waals surface area contributed by atoms with E-state index in [0.717, 1.165) is 9.90 Å². The summed E-state index contributed by atoms with van der Waals surface area (Å²) in [5.74, 6) is 0.885. The number of hydrogen-bond donors (Lipinski definition) is 1. The molecule has 7 heteroatoms. The summed E-state index contributed by atoms with van der Waals surface area (Å²) in [4.78, 5) is 12.8. The Balaban J connectivity index is 1.42. The lowest BCUT2D eigenvalue weighted by molar-refractivity contribution is -0.115. The largest absolute Gasteiger partial charge is 0.301 e. The summed E-state index contributed by atoms with van der Waals surface area (Å²) in [6.45, 7) is 0. The molecule has 4 nitrogen and oxygen atoms in total. The maximum absolute atomic E-state index is 12.8. The van der Waals surface area contributed by atoms with Crippen LogP contribution in [0.2, 0.25) is 0 Å². The fraction of sp³-hybridized carbons (Fsp3) is 0.357. The van der Waals surface area contributed by atoms with Gasteiger partial charge in [-0.2, -0.15) is 0 Å². The summed E-state index contributed by atoms with van der Waals surface area (Å²) in [5, 5.41) is 12.4. The van der Waals surface area contributed by atoms with Crippen molar-refractivity contribution in [1.29, 1.82) is 0 Å². The van der Waals surface area contributed by atoms with Crippen LogP contribution in [0.15, 0.2) is 29.2 Å². The zero-order valence-corrected chi connectivity index (χ0v) is 12.8. The van der Waals surface area contributed by atoms with Gasteiger partial charge in [-0.25, -0.2) is 4.39 Å². The number of nitrogens with zero attached hydrogens (tertiary/aromatic N) is 2. The smallest absolute Gasteiger partial charge is 0.227 e. The predicted octanol–water partition coefficient (Wildman–Crippen LogP) is 3.68. The first-order chi connectivity index (χ1) is 10.2. The maximum Gasteiger partial charge on any atom is 0.227 e. The van der Waals surface area contributed by atoms with Crippen LogP contribution in [0.1, 0.15) is 30.2 Å². The minimum atomic E-state index is -0.250. The molecule has 1 aliphatic rings. The van der Waals surface area contributed by atoms with Gasteiger partial charge in [0.1, 0.15) is 10.8 Å². The van der Waals surface area contributed by atoms with Crippen LogP contribution in [0.3, 0.4) is 0 Å². The lowest BCUT2D eigenvalue weighted by Gasteiger charge is -2.02. The molecular weight excluding hydrogens is 309 g/mol. The summed E-state index contributed by atoms with van der Waals surface area (Å²) in [5.41, 5.74) is 0. The molecule has 0 saturated heterocycles. The zero-order valence-electron chi connectivity index (χ0n) is 11.2. The summed E-state index contributed by atoms with van der Waals surface area (Å²) < 4.78 is 12.8. The molecule has 1 aliphatic carbocycles. The highest BCUT2D eigenvalue weighted by Crippen LogP contribution is 2.42. The minimum absolute atomic E-state index is 0.0666. The van der Waals surface area contributed by atoms with E-state index >= 15 is 0 Å². The number of aromatic nitrogens is 2. The lowest BCUT2D eigenvalue weighted by atomic mass is 10.4. The number of halogens is 1. The fourth-order valence-corrected chi connectivity index (χ4v) is 3.53. The predicted molar refractivity (Wildman–Crippen MR) is 82.3 cm³/mol. The molecule has 1 aromatic heterocycles. The van der Waals surface area contributed by atoms with Gasteiger partial charge in [0.2, 0.25) is 11.0 Å². The quantitative estimate of drug-likeness (QED) is 0.824. The standard InChI is InChI=1S/C14H14FN3OS2/c15-10-3-5-11(6-4-10)20-8-7-12(19)16-14-18-17-13(21-14)9-1-2-9/h3-6,9H,1-2,7-8H2,(H,16,18,19). The first kappa shape index (κ1) is 14.5. The summed E-state index contributed by atoms with van der Waals surface area (Å²) in [7, 11) is 0. The number of carbonyl (C=O) groups is 1. The molecule has 0 unspecified atom stereocenters. The molecule has 1 N–H and O–H groups in total. The highest BCUT2D eigenvalue weighted by atomic mass is 32.2. The number of rotatable bonds is 6. The molecule has 1 heterocycles. The number of benzene rings is 1. The molecule has 21 heavy (non-hydrogen) atoms. The molecule has 0 aliphatic heterocycles. The number of thioether (sulfide) groups is 1. The first-order valence-electron chi connectivity index (χ1n) is 6.72. The van der Waals surface area contributed by atoms with Crippen LogP contribution >= 0.6 is 23.1 Å². The summed E-state index contributed by atoms with van der Waals surface area (Å²) in [6.07, 6.45) is 2.74. The van der Waals surface area contributed by atoms with E-state index in [0.29, 0.717) is 23.2 Å². The molecule has 1 fully saturated rings. The molecule has 0 atom stereocenters. The Labute approximate surface area is 130 Å². The second kappa shape index (κ2) is 6.53. The Morgan fingerprint density at radius 3 is 2.81 bits per heavy atom. The third-order valence-electron chi connectivity index (χ3n) is 3.03. The molecule has 1 aromatic carbocycles. The van der Waals surface area contributed by atoms with Crippen molar-refractivity contribution in [2.24, 2.45) is 0 Å². The number of amides is 1. The van der Waals surface area contributed by atoms with Crippen LogP contribution in [-0.4, -0.2) is 21.9 Å². The molecule has 110 valence electrons. The molecule has 0 spiro atoms. The number of carbonyl (C=O) groups excluding carboxylic acids is 1. The molecular formula is C14H14FN3OS2. The van der Waals surface area contributed by atoms with Crippen molar-refractivity contribution in [3.63, 3.8) is 0 Å². The first-order valence-corrected chi connectivity index (χ1v) is 8.52. The Kier molecular flexibility index (Phi) is 4.50. The maximum atomic E-state index is 12.8. The monoisotopic (exact) mass is 323 g/mol. The Morgan fingerprint density at radius 2 is 2.10 bits per heavy atom. The van der Waals surface area contributed by atoms with Gasteiger partial charge >= 0.3 is 0 Å². The third-order valence-corrected chi connectivity index (χ3v) is 5.04. The molecule has 3 rings (SSSR count). The number of hydrogen-bond acceptors (Lipinski definition) is 5. The Morgan fingerprint density at radius 1 is 1.33 bits per heavy atom. The molecule has 0 bridgehead atoms. The van der Waals surface area contributed by atoms with E-state index < -0.39 is 0 Å². The average Bonchev–Trinajstić information content (AvgIpc) is 3.22. The van der Waals surface area contributed by atoms with E-state index in [1.807, 2.05) is 0 Å². The third kappa shape index (κ3) is 4.25. The molecule has 0 radical (unpaired) electrons. The van der Waals surface area contributed by atoms with Crippen LogP contribution in [0.5, 0.6) is 0 Å². The molecule has 1 amide bonds. The van der Waals surface area contributed by atoms with Crippen molar-refractivity contribution in [3.05, 3.63) is 35.1 Å². The van der Waals surface area contributed by atoms with Gasteiger partial charge in [0, 0.05) is 23.0 Å². The summed E-state index contributed by atoms with van der Waals surface area (Å²) >= 11 is 2.99. The number of nitrogens with one attached hydrogen (secondary N) is 1. The Bertz CT molecular complexity index is 625. The van der Waals surface area contributed by atoms with E-state index in [4.69, 9.17) is 0 Å². The highest BCUT2D eigenvalue weighted by molar-refractivity contribution is 7.99. The van der Waals surface area contributed by atoms with Gasteiger partial charge in [0.25, 0.3) is 0 Å². The topological polar surface area (TPSA) is 54.9 Å². The molecule has 2 aromatic rings. The van der Waals surface area contributed by atoms with Gasteiger partial charge in [-0.3, -0.25) is 4.79 Å². The van der Waals surface area contributed by atoms with Crippen LogP contribution in [0.4, 0.5) is 9.52 Å². The van der Waals surface area contributed by atoms with Crippen molar-refractivity contribution < 1.29 is 9.18 Å². The van der Waals surface area contributed by atoms with Crippen molar-refractivity contribution in [2.45, 2.75) is 30.1 Å². The van der Waals surface area contributed by atoms with E-state index in [-0.39, 0.29) is 11.7 Å². The normalized spacial score (nSPS) is 14.1. The van der Waals surface area contributed by atoms with E-state index in [1.54, 1.807) is 12.1 Å². The average molecular weight is 323 g/mol. The van der Waals surface area contributed by atoms with Crippen LogP contribution in [-0.2, 0) is 4.79 Å². The minimum Gasteiger partial charge on any atom is -0.301 e. The van der Waals surface area contributed by atoms with Crippen molar-refractivity contribution >= 4 is 34.1 Å². The van der Waals surface area contributed by atoms with E-state index in [2.05, 4.69) is 15.5 Å². The molecule has 1 saturated carbocycles. The summed E-state index contributed by atoms with van der Waals surface area (Å²) in [6, 6.07) is 6.27. The SMILES string of the molecule is O=C(CCSc1ccc(F)cc1)Nc1nnc(C2CC2)s1. The second-order valence-corrected chi connectivity index (χ2v) is 7.00. The van der Waals surface area contributed by atoms with Crippen molar-refractivity contribution in [1.82, 2.24) is 10.2 Å². The van der Waals surface area contributed by atoms with E-state index in [1.165, 1.54) is 48.1 Å². The van der Waals surface area contributed by atoms with Crippen LogP contribution < -0.4 is 5.32 Å². The van der Waals surface area contributed by atoms with Crippen LogP contribution in [0, 0.1) is 5.82 Å². The second-order valence-electron chi connectivity index (χ2n) is 4.82. The van der Waals surface area contributed by atoms with E-state index in [9.17, 15) is 9.18 Å². The van der Waals surface area contributed by atoms with Crippen LogP contribution in [0.25, 0.3) is 0 Å². The van der Waals surface area contributed by atoms with Crippen molar-refractivity contribution in [2.75, 3.05) is 11.1 Å². The van der Waals surface area contributed by atoms with Crippen molar-refractivity contribution in [3.8, 4) is 0 Å². The van der Waals surface area contributed by atoms with Gasteiger partial charge in [0.15, 0.2) is 0 Å². The van der Waals surface area contributed by atoms with Gasteiger partial charge in [0.05, 0.1) is 0 Å². The van der Waals surface area contributed by atoms with Gasteiger partial charge in [-0.1, -0.05) is 11.3 Å². The highest BCUT2D eigenvalue weighted by Gasteiger charge is 2.27. The fourth-order valence-electron chi connectivity index (χ4n) is 1.75.